The van der Waals surface area contributed by atoms with Crippen LogP contribution in [0.4, 0.5) is 13.2 Å². The molecule has 29 heavy (non-hydrogen) atoms. The van der Waals surface area contributed by atoms with Crippen molar-refractivity contribution in [2.24, 2.45) is 0 Å². The zero-order valence-corrected chi connectivity index (χ0v) is 17.7. The Bertz CT molecular complexity index is 873. The molecule has 0 spiro atoms. The quantitative estimate of drug-likeness (QED) is 0.566. The van der Waals surface area contributed by atoms with Gasteiger partial charge in [-0.1, -0.05) is 32.8 Å². The van der Waals surface area contributed by atoms with Crippen LogP contribution >= 0.6 is 0 Å². The molecule has 5 nitrogen and oxygen atoms in total. The van der Waals surface area contributed by atoms with E-state index in [-0.39, 0.29) is 11.8 Å². The number of fused-ring (bicyclic) bond motifs is 1. The van der Waals surface area contributed by atoms with Gasteiger partial charge in [0.25, 0.3) is 0 Å². The number of piperidine rings is 1. The lowest BCUT2D eigenvalue weighted by Crippen LogP contribution is -2.71. The minimum Gasteiger partial charge on any atom is -0.387 e. The number of benzene rings is 1. The second kappa shape index (κ2) is 7.42. The van der Waals surface area contributed by atoms with Crippen molar-refractivity contribution in [1.82, 2.24) is 4.90 Å². The molecule has 1 saturated heterocycles. The lowest BCUT2D eigenvalue weighted by Gasteiger charge is -2.63. The van der Waals surface area contributed by atoms with Crippen LogP contribution in [0.25, 0.3) is 0 Å². The molecule has 2 aliphatic carbocycles. The van der Waals surface area contributed by atoms with E-state index in [1.807, 2.05) is 20.9 Å². The van der Waals surface area contributed by atoms with Crippen molar-refractivity contribution in [3.05, 3.63) is 29.3 Å². The number of nitrogens with zero attached hydrogens (tertiary/aromatic N) is 1. The van der Waals surface area contributed by atoms with E-state index in [9.17, 15) is 26.7 Å². The maximum Gasteiger partial charge on any atom is 0.534 e. The van der Waals surface area contributed by atoms with Crippen LogP contribution < -0.4 is 4.18 Å². The fraction of sp³-hybridized carbons (Fsp3) is 0.700. The van der Waals surface area contributed by atoms with E-state index < -0.39 is 26.6 Å². The summed E-state index contributed by atoms with van der Waals surface area (Å²) < 4.78 is 65.2. The summed E-state index contributed by atoms with van der Waals surface area (Å²) in [6.07, 6.45) is 4.44. The summed E-state index contributed by atoms with van der Waals surface area (Å²) >= 11 is 0. The third-order valence-electron chi connectivity index (χ3n) is 6.71. The van der Waals surface area contributed by atoms with Gasteiger partial charge >= 0.3 is 15.6 Å². The Kier molecular flexibility index (Phi) is 5.73. The summed E-state index contributed by atoms with van der Waals surface area (Å²) in [5, 5.41) is 11.7. The lowest BCUT2D eigenvalue weighted by molar-refractivity contribution is -0.160. The van der Waals surface area contributed by atoms with Gasteiger partial charge in [-0.25, -0.2) is 0 Å². The standard InChI is InChI=1S/C18H22F3NO4S.C2H6/c1-22-9-8-16-6-2-3-7-17(16,23)15(22)10-12-4-5-13(11-14(12)16)26-27(24,25)18(19,20)21;1-2/h4-5,11,15,23H,2-3,6-10H2,1H3;1-2H3. The maximum atomic E-state index is 12.7. The number of hydrogen-bond acceptors (Lipinski definition) is 5. The summed E-state index contributed by atoms with van der Waals surface area (Å²) in [7, 11) is -3.74. The summed E-state index contributed by atoms with van der Waals surface area (Å²) in [6, 6.07) is 4.25. The minimum atomic E-state index is -5.72. The van der Waals surface area contributed by atoms with Gasteiger partial charge in [0.1, 0.15) is 5.75 Å². The molecule has 3 aliphatic rings. The average molecular weight is 436 g/mol. The number of likely N-dealkylation sites (tertiary alicyclic amines) is 1. The number of alkyl halides is 3. The smallest absolute Gasteiger partial charge is 0.387 e. The first-order chi connectivity index (χ1) is 13.5. The molecule has 1 aromatic carbocycles. The van der Waals surface area contributed by atoms with Gasteiger partial charge < -0.3 is 14.2 Å². The van der Waals surface area contributed by atoms with Crippen molar-refractivity contribution in [2.75, 3.05) is 13.6 Å². The van der Waals surface area contributed by atoms with E-state index in [4.69, 9.17) is 0 Å². The van der Waals surface area contributed by atoms with Crippen LogP contribution in [-0.2, 0) is 22.0 Å². The molecule has 1 aliphatic heterocycles. The topological polar surface area (TPSA) is 66.8 Å². The Morgan fingerprint density at radius 1 is 1.17 bits per heavy atom. The zero-order chi connectivity index (χ0) is 21.7. The number of rotatable bonds is 2. The fourth-order valence-corrected chi connectivity index (χ4v) is 5.88. The minimum absolute atomic E-state index is 0.0512. The highest BCUT2D eigenvalue weighted by atomic mass is 32.2. The van der Waals surface area contributed by atoms with Crippen LogP contribution in [0.3, 0.4) is 0 Å². The molecule has 1 saturated carbocycles. The van der Waals surface area contributed by atoms with Crippen LogP contribution in [0.2, 0.25) is 0 Å². The van der Waals surface area contributed by atoms with Gasteiger partial charge in [0.05, 0.1) is 5.60 Å². The summed E-state index contributed by atoms with van der Waals surface area (Å²) in [4.78, 5) is 2.16. The van der Waals surface area contributed by atoms with Crippen LogP contribution in [-0.4, -0.2) is 49.2 Å². The largest absolute Gasteiger partial charge is 0.534 e. The van der Waals surface area contributed by atoms with Crippen molar-refractivity contribution < 1.29 is 30.9 Å². The second-order valence-electron chi connectivity index (χ2n) is 7.97. The SMILES string of the molecule is CC.CN1CCC23CCCCC2(O)C1Cc1ccc(OS(=O)(=O)C(F)(F)F)cc13. The van der Waals surface area contributed by atoms with E-state index in [2.05, 4.69) is 9.08 Å². The van der Waals surface area contributed by atoms with Gasteiger partial charge in [-0.05, 0) is 62.5 Å². The molecule has 1 N–H and O–H groups in total. The highest BCUT2D eigenvalue weighted by Gasteiger charge is 2.62. The first-order valence-corrected chi connectivity index (χ1v) is 11.5. The van der Waals surface area contributed by atoms with Gasteiger partial charge in [0.15, 0.2) is 0 Å². The highest BCUT2D eigenvalue weighted by molar-refractivity contribution is 7.88. The van der Waals surface area contributed by atoms with Crippen molar-refractivity contribution >= 4 is 10.1 Å². The normalized spacial score (nSPS) is 31.8. The van der Waals surface area contributed by atoms with Gasteiger partial charge in [-0.15, -0.1) is 0 Å². The lowest BCUT2D eigenvalue weighted by atomic mass is 9.49. The van der Waals surface area contributed by atoms with Crippen molar-refractivity contribution in [2.45, 2.75) is 74.9 Å². The van der Waals surface area contributed by atoms with Crippen LogP contribution in [0.1, 0.15) is 57.1 Å². The molecule has 1 heterocycles. The first kappa shape index (κ1) is 22.4. The molecule has 3 atom stereocenters. The van der Waals surface area contributed by atoms with Gasteiger partial charge in [0.2, 0.25) is 0 Å². The van der Waals surface area contributed by atoms with Gasteiger partial charge in [0, 0.05) is 11.5 Å². The molecule has 0 amide bonds. The molecular weight excluding hydrogens is 407 g/mol. The Labute approximate surface area is 170 Å². The number of hydrogen-bond donors (Lipinski definition) is 1. The van der Waals surface area contributed by atoms with E-state index in [1.54, 1.807) is 6.07 Å². The molecule has 0 radical (unpaired) electrons. The van der Waals surface area contributed by atoms with Crippen LogP contribution in [0.15, 0.2) is 18.2 Å². The maximum absolute atomic E-state index is 12.7. The number of aliphatic hydroxyl groups is 1. The summed E-state index contributed by atoms with van der Waals surface area (Å²) in [6.45, 7) is 4.78. The monoisotopic (exact) mass is 435 g/mol. The number of likely N-dealkylation sites (N-methyl/N-ethyl adjacent to an activating group) is 1. The highest BCUT2D eigenvalue weighted by Crippen LogP contribution is 2.58. The molecule has 9 heteroatoms. The Hall–Kier alpha value is -1.32. The van der Waals surface area contributed by atoms with Crippen LogP contribution in [0.5, 0.6) is 5.75 Å². The van der Waals surface area contributed by atoms with Crippen molar-refractivity contribution in [1.29, 1.82) is 0 Å². The molecule has 1 aromatic rings. The van der Waals surface area contributed by atoms with Gasteiger partial charge in [-0.2, -0.15) is 21.6 Å². The van der Waals surface area contributed by atoms with E-state index in [1.165, 1.54) is 12.1 Å². The molecule has 4 rings (SSSR count). The van der Waals surface area contributed by atoms with E-state index >= 15 is 0 Å². The Morgan fingerprint density at radius 2 is 1.83 bits per heavy atom. The van der Waals surface area contributed by atoms with Gasteiger partial charge in [-0.3, -0.25) is 0 Å². The molecular formula is C20H28F3NO4S. The average Bonchev–Trinajstić information content (AvgIpc) is 2.65. The number of halogens is 3. The predicted octanol–water partition coefficient (Wildman–Crippen LogP) is 3.74. The Morgan fingerprint density at radius 3 is 2.48 bits per heavy atom. The third kappa shape index (κ3) is 3.35. The third-order valence-corrected chi connectivity index (χ3v) is 7.69. The summed E-state index contributed by atoms with van der Waals surface area (Å²) in [5.41, 5.74) is -5.34. The zero-order valence-electron chi connectivity index (χ0n) is 16.9. The molecule has 3 unspecified atom stereocenters. The van der Waals surface area contributed by atoms with Crippen molar-refractivity contribution in [3.8, 4) is 5.75 Å². The molecule has 2 fully saturated rings. The first-order valence-electron chi connectivity index (χ1n) is 10.1. The Balaban J connectivity index is 0.00000117. The molecule has 0 aromatic heterocycles. The predicted molar refractivity (Wildman–Crippen MR) is 103 cm³/mol. The summed E-state index contributed by atoms with van der Waals surface area (Å²) in [5.74, 6) is -0.356. The molecule has 164 valence electrons. The van der Waals surface area contributed by atoms with E-state index in [0.717, 1.165) is 36.9 Å². The van der Waals surface area contributed by atoms with Crippen LogP contribution in [0, 0.1) is 0 Å². The second-order valence-corrected chi connectivity index (χ2v) is 9.50. The van der Waals surface area contributed by atoms with E-state index in [0.29, 0.717) is 19.3 Å². The van der Waals surface area contributed by atoms with Crippen molar-refractivity contribution in [3.63, 3.8) is 0 Å². The molecule has 2 bridgehead atoms. The fourth-order valence-electron chi connectivity index (χ4n) is 5.43.